The predicted octanol–water partition coefficient (Wildman–Crippen LogP) is 2.92. The van der Waals surface area contributed by atoms with Crippen LogP contribution in [0.15, 0.2) is 11.0 Å². The highest BCUT2D eigenvalue weighted by Gasteiger charge is 2.28. The summed E-state index contributed by atoms with van der Waals surface area (Å²) in [7, 11) is -3.46. The van der Waals surface area contributed by atoms with Gasteiger partial charge in [0.25, 0.3) is 0 Å². The minimum absolute atomic E-state index is 0.0296. The molecule has 0 atom stereocenters. The van der Waals surface area contributed by atoms with Gasteiger partial charge in [-0.05, 0) is 18.1 Å². The molecule has 0 fully saturated rings. The predicted molar refractivity (Wildman–Crippen MR) is 66.8 cm³/mol. The summed E-state index contributed by atoms with van der Waals surface area (Å²) in [4.78, 5) is 11.6. The molecule has 0 bridgehead atoms. The monoisotopic (exact) mass is 292 g/mol. The third kappa shape index (κ3) is 1.98. The lowest BCUT2D eigenvalue weighted by molar-refractivity contribution is 0.0994. The highest BCUT2D eigenvalue weighted by molar-refractivity contribution is 7.91. The van der Waals surface area contributed by atoms with Crippen LogP contribution < -0.4 is 0 Å². The molecule has 2 rings (SSSR count). The third-order valence-electron chi connectivity index (χ3n) is 2.89. The molecule has 0 radical (unpaired) electrons. The number of Topliss-reactive ketones (excluding diaryl/α,β-unsaturated/α-hetero) is 1. The smallest absolute Gasteiger partial charge is 0.179 e. The van der Waals surface area contributed by atoms with E-state index in [4.69, 9.17) is 23.2 Å². The normalized spacial score (nSPS) is 15.1. The molecule has 1 aromatic rings. The molecule has 1 aliphatic carbocycles. The van der Waals surface area contributed by atoms with Gasteiger partial charge in [0.05, 0.1) is 20.7 Å². The maximum Gasteiger partial charge on any atom is 0.179 e. The van der Waals surface area contributed by atoms with E-state index in [9.17, 15) is 13.2 Å². The van der Waals surface area contributed by atoms with Crippen LogP contribution >= 0.6 is 23.2 Å². The molecule has 1 aromatic carbocycles. The SMILES string of the molecule is CCS(=O)(=O)c1cc2c(c(Cl)c1Cl)CCC2=O. The number of sulfone groups is 1. The lowest BCUT2D eigenvalue weighted by Gasteiger charge is -2.09. The maximum absolute atomic E-state index is 11.8. The molecule has 0 saturated heterocycles. The Hall–Kier alpha value is -0.580. The van der Waals surface area contributed by atoms with Crippen molar-refractivity contribution in [2.45, 2.75) is 24.7 Å². The molecule has 0 amide bonds. The summed E-state index contributed by atoms with van der Waals surface area (Å²) < 4.78 is 23.7. The summed E-state index contributed by atoms with van der Waals surface area (Å²) in [5.41, 5.74) is 1.06. The minimum atomic E-state index is -3.46. The second kappa shape index (κ2) is 4.26. The Labute approximate surface area is 110 Å². The number of ketones is 1. The Kier molecular flexibility index (Phi) is 3.23. The Balaban J connectivity index is 2.77. The van der Waals surface area contributed by atoms with Crippen LogP contribution in [0.3, 0.4) is 0 Å². The first kappa shape index (κ1) is 12.9. The van der Waals surface area contributed by atoms with Crippen molar-refractivity contribution in [2.75, 3.05) is 5.75 Å². The molecule has 0 heterocycles. The summed E-state index contributed by atoms with van der Waals surface area (Å²) in [6.07, 6.45) is 0.889. The summed E-state index contributed by atoms with van der Waals surface area (Å²) in [6.45, 7) is 1.52. The summed E-state index contributed by atoms with van der Waals surface area (Å²) >= 11 is 12.0. The molecular weight excluding hydrogens is 283 g/mol. The number of fused-ring (bicyclic) bond motifs is 1. The van der Waals surface area contributed by atoms with Crippen LogP contribution in [0.5, 0.6) is 0 Å². The van der Waals surface area contributed by atoms with Gasteiger partial charge in [0.15, 0.2) is 15.6 Å². The van der Waals surface area contributed by atoms with E-state index in [2.05, 4.69) is 0 Å². The molecule has 0 saturated carbocycles. The van der Waals surface area contributed by atoms with E-state index in [1.165, 1.54) is 13.0 Å². The van der Waals surface area contributed by atoms with Crippen LogP contribution in [-0.4, -0.2) is 20.0 Å². The van der Waals surface area contributed by atoms with Gasteiger partial charge >= 0.3 is 0 Å². The number of rotatable bonds is 2. The fourth-order valence-corrected chi connectivity index (χ4v) is 3.75. The van der Waals surface area contributed by atoms with Crippen LogP contribution in [0.2, 0.25) is 10.0 Å². The first-order chi connectivity index (χ1) is 7.88. The zero-order valence-corrected chi connectivity index (χ0v) is 11.4. The Morgan fingerprint density at radius 1 is 1.24 bits per heavy atom. The van der Waals surface area contributed by atoms with E-state index in [0.717, 1.165) is 0 Å². The van der Waals surface area contributed by atoms with E-state index in [1.54, 1.807) is 0 Å². The van der Waals surface area contributed by atoms with E-state index in [0.29, 0.717) is 24.0 Å². The van der Waals surface area contributed by atoms with Gasteiger partial charge in [0.2, 0.25) is 0 Å². The van der Waals surface area contributed by atoms with Crippen LogP contribution in [-0.2, 0) is 16.3 Å². The quantitative estimate of drug-likeness (QED) is 0.842. The fourth-order valence-electron chi connectivity index (χ4n) is 1.89. The summed E-state index contributed by atoms with van der Waals surface area (Å²) in [6, 6.07) is 1.36. The molecule has 3 nitrogen and oxygen atoms in total. The van der Waals surface area contributed by atoms with Crippen molar-refractivity contribution >= 4 is 38.8 Å². The molecule has 0 N–H and O–H groups in total. The van der Waals surface area contributed by atoms with Crippen molar-refractivity contribution in [3.05, 3.63) is 27.2 Å². The highest BCUT2D eigenvalue weighted by Crippen LogP contribution is 2.39. The number of carbonyl (C=O) groups excluding carboxylic acids is 1. The van der Waals surface area contributed by atoms with Gasteiger partial charge in [-0.3, -0.25) is 4.79 Å². The molecule has 0 unspecified atom stereocenters. The standard InChI is InChI=1S/C11H10Cl2O3S/c1-2-17(15,16)9-5-7-6(3-4-8(7)14)10(12)11(9)13/h5H,2-4H2,1H3. The van der Waals surface area contributed by atoms with Gasteiger partial charge in [-0.2, -0.15) is 0 Å². The van der Waals surface area contributed by atoms with E-state index in [-0.39, 0.29) is 26.5 Å². The molecule has 1 aliphatic rings. The topological polar surface area (TPSA) is 51.2 Å². The molecule has 17 heavy (non-hydrogen) atoms. The molecule has 0 spiro atoms. The van der Waals surface area contributed by atoms with Gasteiger partial charge in [0.1, 0.15) is 0 Å². The van der Waals surface area contributed by atoms with Gasteiger partial charge in [-0.15, -0.1) is 0 Å². The average molecular weight is 293 g/mol. The van der Waals surface area contributed by atoms with Crippen molar-refractivity contribution in [3.63, 3.8) is 0 Å². The minimum Gasteiger partial charge on any atom is -0.294 e. The van der Waals surface area contributed by atoms with E-state index >= 15 is 0 Å². The number of halogens is 2. The van der Waals surface area contributed by atoms with Crippen molar-refractivity contribution in [1.82, 2.24) is 0 Å². The molecular formula is C11H10Cl2O3S. The first-order valence-electron chi connectivity index (χ1n) is 5.15. The van der Waals surface area contributed by atoms with Crippen molar-refractivity contribution in [2.24, 2.45) is 0 Å². The second-order valence-corrected chi connectivity index (χ2v) is 6.86. The number of carbonyl (C=O) groups is 1. The lowest BCUT2D eigenvalue weighted by atomic mass is 10.1. The number of benzene rings is 1. The lowest BCUT2D eigenvalue weighted by Crippen LogP contribution is -2.07. The van der Waals surface area contributed by atoms with Gasteiger partial charge in [-0.1, -0.05) is 30.1 Å². The fraction of sp³-hybridized carbons (Fsp3) is 0.364. The Morgan fingerprint density at radius 2 is 1.88 bits per heavy atom. The number of hydrogen-bond donors (Lipinski definition) is 0. The zero-order valence-electron chi connectivity index (χ0n) is 9.09. The van der Waals surface area contributed by atoms with Crippen LogP contribution in [0.1, 0.15) is 29.3 Å². The Morgan fingerprint density at radius 3 is 2.47 bits per heavy atom. The molecule has 0 aromatic heterocycles. The van der Waals surface area contributed by atoms with Gasteiger partial charge in [0, 0.05) is 12.0 Å². The molecule has 92 valence electrons. The highest BCUT2D eigenvalue weighted by atomic mass is 35.5. The average Bonchev–Trinajstić information content (AvgIpc) is 2.65. The van der Waals surface area contributed by atoms with Crippen molar-refractivity contribution in [1.29, 1.82) is 0 Å². The second-order valence-electron chi connectivity index (χ2n) is 3.86. The van der Waals surface area contributed by atoms with E-state index < -0.39 is 9.84 Å². The van der Waals surface area contributed by atoms with Crippen LogP contribution in [0.25, 0.3) is 0 Å². The third-order valence-corrected chi connectivity index (χ3v) is 5.66. The Bertz CT molecular complexity index is 606. The zero-order chi connectivity index (χ0) is 12.8. The van der Waals surface area contributed by atoms with Crippen LogP contribution in [0, 0.1) is 0 Å². The summed E-state index contributed by atoms with van der Waals surface area (Å²) in [5, 5.41) is 0.226. The van der Waals surface area contributed by atoms with Gasteiger partial charge in [-0.25, -0.2) is 8.42 Å². The molecule has 6 heteroatoms. The largest absolute Gasteiger partial charge is 0.294 e. The summed E-state index contributed by atoms with van der Waals surface area (Å²) in [5.74, 6) is -0.151. The van der Waals surface area contributed by atoms with Crippen molar-refractivity contribution in [3.8, 4) is 0 Å². The van der Waals surface area contributed by atoms with Crippen LogP contribution in [0.4, 0.5) is 0 Å². The van der Waals surface area contributed by atoms with E-state index in [1.807, 2.05) is 0 Å². The maximum atomic E-state index is 11.8. The number of hydrogen-bond acceptors (Lipinski definition) is 3. The molecule has 0 aliphatic heterocycles. The first-order valence-corrected chi connectivity index (χ1v) is 7.56. The van der Waals surface area contributed by atoms with Gasteiger partial charge < -0.3 is 0 Å². The van der Waals surface area contributed by atoms with Crippen molar-refractivity contribution < 1.29 is 13.2 Å².